The minimum Gasteiger partial charge on any atom is -0.333 e. The van der Waals surface area contributed by atoms with Gasteiger partial charge in [0.1, 0.15) is 6.33 Å². The maximum Gasteiger partial charge on any atom is 0.327 e. The molecule has 64 valence electrons. The maximum atomic E-state index is 11.2. The van der Waals surface area contributed by atoms with Crippen molar-refractivity contribution in [2.45, 2.75) is 0 Å². The Hall–Kier alpha value is -1.10. The van der Waals surface area contributed by atoms with Crippen LogP contribution in [0.25, 0.3) is 0 Å². The van der Waals surface area contributed by atoms with Gasteiger partial charge in [0.15, 0.2) is 0 Å². The number of imidazole rings is 1. The fourth-order valence-electron chi connectivity index (χ4n) is 0.642. The quantitative estimate of drug-likeness (QED) is 0.833. The Bertz CT molecular complexity index is 281. The first-order chi connectivity index (χ1) is 5.70. The van der Waals surface area contributed by atoms with Gasteiger partial charge in [-0.2, -0.15) is 0 Å². The normalized spacial score (nSPS) is 9.42. The number of hydrogen-bond acceptors (Lipinski definition) is 2. The van der Waals surface area contributed by atoms with E-state index in [9.17, 15) is 4.79 Å². The van der Waals surface area contributed by atoms with Gasteiger partial charge >= 0.3 is 6.03 Å². The minimum absolute atomic E-state index is 0.215. The summed E-state index contributed by atoms with van der Waals surface area (Å²) < 4.78 is 2.09. The number of amides is 1. The van der Waals surface area contributed by atoms with Gasteiger partial charge in [0.05, 0.1) is 6.54 Å². The predicted molar refractivity (Wildman–Crippen MR) is 49.1 cm³/mol. The van der Waals surface area contributed by atoms with Crippen LogP contribution in [0.3, 0.4) is 0 Å². The minimum atomic E-state index is -0.215. The van der Waals surface area contributed by atoms with E-state index in [1.807, 2.05) is 0 Å². The summed E-state index contributed by atoms with van der Waals surface area (Å²) in [6.45, 7) is 4.00. The van der Waals surface area contributed by atoms with Crippen LogP contribution in [0, 0.1) is 0 Å². The van der Waals surface area contributed by atoms with Crippen molar-refractivity contribution in [1.82, 2.24) is 14.9 Å². The summed E-state index contributed by atoms with van der Waals surface area (Å²) in [6.07, 6.45) is 4.56. The molecular formula is C7H8BrN3O. The predicted octanol–water partition coefficient (Wildman–Crippen LogP) is 1.35. The molecule has 5 heteroatoms. The number of nitrogens with one attached hydrogen (secondary N) is 1. The largest absolute Gasteiger partial charge is 0.333 e. The zero-order valence-corrected chi connectivity index (χ0v) is 7.91. The molecule has 0 unspecified atom stereocenters. The van der Waals surface area contributed by atoms with Crippen molar-refractivity contribution in [1.29, 1.82) is 0 Å². The number of rotatable bonds is 2. The average molecular weight is 230 g/mol. The van der Waals surface area contributed by atoms with Gasteiger partial charge in [-0.05, 0) is 0 Å². The monoisotopic (exact) mass is 229 g/mol. The molecule has 1 heterocycles. The molecule has 0 aromatic carbocycles. The van der Waals surface area contributed by atoms with Crippen molar-refractivity contribution < 1.29 is 4.79 Å². The first-order valence-electron chi connectivity index (χ1n) is 3.29. The molecule has 0 spiro atoms. The van der Waals surface area contributed by atoms with E-state index in [2.05, 4.69) is 32.8 Å². The molecule has 0 fully saturated rings. The second kappa shape index (κ2) is 4.06. The Morgan fingerprint density at radius 3 is 3.00 bits per heavy atom. The van der Waals surface area contributed by atoms with E-state index >= 15 is 0 Å². The molecule has 0 saturated heterocycles. The highest BCUT2D eigenvalue weighted by Crippen LogP contribution is 1.96. The second-order valence-corrected chi connectivity index (χ2v) is 3.27. The Kier molecular flexibility index (Phi) is 3.04. The molecule has 0 radical (unpaired) electrons. The molecule has 0 aliphatic carbocycles. The third-order valence-corrected chi connectivity index (χ3v) is 1.45. The van der Waals surface area contributed by atoms with Crippen LogP contribution in [0.15, 0.2) is 29.8 Å². The maximum absolute atomic E-state index is 11.2. The fraction of sp³-hybridized carbons (Fsp3) is 0.143. The van der Waals surface area contributed by atoms with Gasteiger partial charge in [0.2, 0.25) is 0 Å². The van der Waals surface area contributed by atoms with E-state index in [-0.39, 0.29) is 6.03 Å². The van der Waals surface area contributed by atoms with Crippen molar-refractivity contribution in [3.63, 3.8) is 0 Å². The molecule has 0 saturated carbocycles. The molecule has 1 amide bonds. The zero-order valence-electron chi connectivity index (χ0n) is 6.33. The lowest BCUT2D eigenvalue weighted by atomic mass is 10.6. The zero-order chi connectivity index (χ0) is 8.97. The highest BCUT2D eigenvalue weighted by molar-refractivity contribution is 9.11. The summed E-state index contributed by atoms with van der Waals surface area (Å²) in [6, 6.07) is -0.215. The van der Waals surface area contributed by atoms with Gasteiger partial charge in [-0.15, -0.1) is 0 Å². The molecule has 0 aliphatic heterocycles. The number of aromatic nitrogens is 2. The van der Waals surface area contributed by atoms with Gasteiger partial charge in [0.25, 0.3) is 0 Å². The summed E-state index contributed by atoms with van der Waals surface area (Å²) in [5.74, 6) is 0. The summed E-state index contributed by atoms with van der Waals surface area (Å²) in [4.78, 5) is 14.9. The lowest BCUT2D eigenvalue weighted by Crippen LogP contribution is -2.28. The summed E-state index contributed by atoms with van der Waals surface area (Å²) >= 11 is 3.13. The van der Waals surface area contributed by atoms with E-state index in [1.54, 1.807) is 12.4 Å². The van der Waals surface area contributed by atoms with Gasteiger partial charge < -0.3 is 5.32 Å². The standard InChI is InChI=1S/C7H8BrN3O/c1-6(8)4-10-7(12)11-3-2-9-5-11/h2-3,5H,1,4H2,(H,10,12). The summed E-state index contributed by atoms with van der Waals surface area (Å²) in [7, 11) is 0. The number of carbonyl (C=O) groups excluding carboxylic acids is 1. The van der Waals surface area contributed by atoms with Crippen LogP contribution in [-0.4, -0.2) is 22.1 Å². The molecule has 1 rings (SSSR count). The van der Waals surface area contributed by atoms with Gasteiger partial charge in [-0.3, -0.25) is 4.57 Å². The molecule has 1 aromatic heterocycles. The molecule has 0 atom stereocenters. The Morgan fingerprint density at radius 1 is 1.75 bits per heavy atom. The molecule has 0 bridgehead atoms. The number of hydrogen-bond donors (Lipinski definition) is 1. The third kappa shape index (κ3) is 2.50. The molecule has 0 aliphatic rings. The van der Waals surface area contributed by atoms with Crippen LogP contribution >= 0.6 is 15.9 Å². The highest BCUT2D eigenvalue weighted by atomic mass is 79.9. The van der Waals surface area contributed by atoms with E-state index < -0.39 is 0 Å². The molecular weight excluding hydrogens is 222 g/mol. The van der Waals surface area contributed by atoms with Crippen LogP contribution < -0.4 is 5.32 Å². The van der Waals surface area contributed by atoms with E-state index in [0.29, 0.717) is 6.54 Å². The molecule has 1 aromatic rings. The summed E-state index contributed by atoms with van der Waals surface area (Å²) in [5.41, 5.74) is 0. The van der Waals surface area contributed by atoms with Crippen LogP contribution in [0.1, 0.15) is 0 Å². The first-order valence-corrected chi connectivity index (χ1v) is 4.09. The Labute approximate surface area is 78.4 Å². The Morgan fingerprint density at radius 2 is 2.50 bits per heavy atom. The van der Waals surface area contributed by atoms with E-state index in [1.165, 1.54) is 10.9 Å². The first kappa shape index (κ1) is 8.99. The van der Waals surface area contributed by atoms with Crippen molar-refractivity contribution in [2.24, 2.45) is 0 Å². The molecule has 12 heavy (non-hydrogen) atoms. The highest BCUT2D eigenvalue weighted by Gasteiger charge is 2.00. The van der Waals surface area contributed by atoms with Gasteiger partial charge in [-0.1, -0.05) is 22.5 Å². The summed E-state index contributed by atoms with van der Waals surface area (Å²) in [5, 5.41) is 2.62. The smallest absolute Gasteiger partial charge is 0.327 e. The van der Waals surface area contributed by atoms with E-state index in [0.717, 1.165) is 4.48 Å². The lowest BCUT2D eigenvalue weighted by Gasteiger charge is -2.02. The molecule has 4 nitrogen and oxygen atoms in total. The number of nitrogens with zero attached hydrogens (tertiary/aromatic N) is 2. The van der Waals surface area contributed by atoms with Crippen LogP contribution in [-0.2, 0) is 0 Å². The van der Waals surface area contributed by atoms with Crippen molar-refractivity contribution in [3.8, 4) is 0 Å². The number of carbonyl (C=O) groups is 1. The van der Waals surface area contributed by atoms with Gasteiger partial charge in [-0.25, -0.2) is 9.78 Å². The third-order valence-electron chi connectivity index (χ3n) is 1.17. The van der Waals surface area contributed by atoms with Crippen LogP contribution in [0.2, 0.25) is 0 Å². The fourth-order valence-corrected chi connectivity index (χ4v) is 0.782. The van der Waals surface area contributed by atoms with Gasteiger partial charge in [0, 0.05) is 16.9 Å². The topological polar surface area (TPSA) is 46.9 Å². The second-order valence-electron chi connectivity index (χ2n) is 2.15. The Balaban J connectivity index is 2.45. The average Bonchev–Trinajstić information content (AvgIpc) is 2.51. The SMILES string of the molecule is C=C(Br)CNC(=O)n1ccnc1. The van der Waals surface area contributed by atoms with Crippen molar-refractivity contribution in [3.05, 3.63) is 29.8 Å². The lowest BCUT2D eigenvalue weighted by molar-refractivity contribution is 0.243. The van der Waals surface area contributed by atoms with Crippen molar-refractivity contribution >= 4 is 22.0 Å². The van der Waals surface area contributed by atoms with Crippen LogP contribution in [0.4, 0.5) is 4.79 Å². The van der Waals surface area contributed by atoms with Crippen LogP contribution in [0.5, 0.6) is 0 Å². The van der Waals surface area contributed by atoms with Crippen molar-refractivity contribution in [2.75, 3.05) is 6.54 Å². The van der Waals surface area contributed by atoms with E-state index in [4.69, 9.17) is 0 Å². The number of halogens is 1. The molecule has 1 N–H and O–H groups in total.